The second-order valence-corrected chi connectivity index (χ2v) is 5.89. The van der Waals surface area contributed by atoms with Gasteiger partial charge in [-0.05, 0) is 47.5 Å². The number of carbonyl (C=O) groups is 1. The van der Waals surface area contributed by atoms with Crippen molar-refractivity contribution in [1.82, 2.24) is 5.32 Å². The van der Waals surface area contributed by atoms with Crippen molar-refractivity contribution in [2.24, 2.45) is 0 Å². The van der Waals surface area contributed by atoms with Crippen LogP contribution in [0.25, 0.3) is 0 Å². The molecule has 0 bridgehead atoms. The standard InChI is InChI=1S/C22H17FN2O2/c23-19-10-8-18(9-11-19)22(17-4-2-1-3-5-17)25-21(26)15-27-20-12-6-16(14-24)7-13-20/h1-13,22H,15H2,(H,25,26). The van der Waals surface area contributed by atoms with Crippen LogP contribution >= 0.6 is 0 Å². The van der Waals surface area contributed by atoms with Crippen LogP contribution in [-0.4, -0.2) is 12.5 Å². The number of nitriles is 1. The van der Waals surface area contributed by atoms with Gasteiger partial charge in [0.05, 0.1) is 17.7 Å². The Morgan fingerprint density at radius 3 is 2.22 bits per heavy atom. The first-order chi connectivity index (χ1) is 13.2. The monoisotopic (exact) mass is 360 g/mol. The van der Waals surface area contributed by atoms with Crippen molar-refractivity contribution >= 4 is 5.91 Å². The molecule has 3 rings (SSSR count). The topological polar surface area (TPSA) is 62.1 Å². The number of ether oxygens (including phenoxy) is 1. The number of benzene rings is 3. The van der Waals surface area contributed by atoms with Crippen LogP contribution in [0.3, 0.4) is 0 Å². The van der Waals surface area contributed by atoms with E-state index in [0.29, 0.717) is 11.3 Å². The number of hydrogen-bond donors (Lipinski definition) is 1. The van der Waals surface area contributed by atoms with Crippen LogP contribution in [0.1, 0.15) is 22.7 Å². The maximum atomic E-state index is 13.3. The van der Waals surface area contributed by atoms with Gasteiger partial charge in [0.25, 0.3) is 5.91 Å². The fourth-order valence-electron chi connectivity index (χ4n) is 2.64. The van der Waals surface area contributed by atoms with E-state index in [-0.39, 0.29) is 18.3 Å². The van der Waals surface area contributed by atoms with Gasteiger partial charge in [0.15, 0.2) is 6.61 Å². The molecule has 4 nitrogen and oxygen atoms in total. The number of nitrogens with zero attached hydrogens (tertiary/aromatic N) is 1. The number of amides is 1. The molecule has 0 saturated heterocycles. The Balaban J connectivity index is 1.70. The molecule has 0 saturated carbocycles. The predicted molar refractivity (Wildman–Crippen MR) is 99.5 cm³/mol. The normalized spacial score (nSPS) is 11.3. The minimum Gasteiger partial charge on any atom is -0.484 e. The second-order valence-electron chi connectivity index (χ2n) is 5.89. The molecule has 1 amide bonds. The first-order valence-electron chi connectivity index (χ1n) is 8.38. The van der Waals surface area contributed by atoms with Crippen molar-refractivity contribution in [1.29, 1.82) is 5.26 Å². The van der Waals surface area contributed by atoms with Crippen molar-refractivity contribution in [3.05, 3.63) is 101 Å². The van der Waals surface area contributed by atoms with Crippen LogP contribution in [0.4, 0.5) is 4.39 Å². The van der Waals surface area contributed by atoms with E-state index in [4.69, 9.17) is 10.00 Å². The molecule has 3 aromatic carbocycles. The lowest BCUT2D eigenvalue weighted by atomic mass is 9.98. The highest BCUT2D eigenvalue weighted by Gasteiger charge is 2.17. The van der Waals surface area contributed by atoms with Crippen LogP contribution in [0.5, 0.6) is 5.75 Å². The number of carbonyl (C=O) groups excluding carboxylic acids is 1. The molecule has 0 aromatic heterocycles. The van der Waals surface area contributed by atoms with E-state index in [1.54, 1.807) is 36.4 Å². The molecule has 0 fully saturated rings. The highest BCUT2D eigenvalue weighted by Crippen LogP contribution is 2.22. The third kappa shape index (κ3) is 4.93. The first-order valence-corrected chi connectivity index (χ1v) is 8.38. The minimum absolute atomic E-state index is 0.170. The molecule has 0 aliphatic heterocycles. The third-order valence-electron chi connectivity index (χ3n) is 3.99. The number of rotatable bonds is 6. The second kappa shape index (κ2) is 8.63. The summed E-state index contributed by atoms with van der Waals surface area (Å²) < 4.78 is 18.7. The average Bonchev–Trinajstić information content (AvgIpc) is 2.72. The molecule has 5 heteroatoms. The quantitative estimate of drug-likeness (QED) is 0.723. The zero-order chi connectivity index (χ0) is 19.1. The van der Waals surface area contributed by atoms with Gasteiger partial charge in [-0.3, -0.25) is 4.79 Å². The Morgan fingerprint density at radius 2 is 1.59 bits per heavy atom. The third-order valence-corrected chi connectivity index (χ3v) is 3.99. The van der Waals surface area contributed by atoms with Crippen LogP contribution < -0.4 is 10.1 Å². The smallest absolute Gasteiger partial charge is 0.258 e. The molecule has 1 atom stereocenters. The summed E-state index contributed by atoms with van der Waals surface area (Å²) in [6.45, 7) is -0.170. The summed E-state index contributed by atoms with van der Waals surface area (Å²) in [4.78, 5) is 12.4. The van der Waals surface area contributed by atoms with E-state index in [9.17, 15) is 9.18 Å². The van der Waals surface area contributed by atoms with Crippen molar-refractivity contribution in [2.75, 3.05) is 6.61 Å². The Labute approximate surface area is 156 Å². The zero-order valence-electron chi connectivity index (χ0n) is 14.4. The maximum absolute atomic E-state index is 13.3. The van der Waals surface area contributed by atoms with Gasteiger partial charge in [-0.1, -0.05) is 42.5 Å². The molecule has 27 heavy (non-hydrogen) atoms. The van der Waals surface area contributed by atoms with Crippen LogP contribution in [-0.2, 0) is 4.79 Å². The van der Waals surface area contributed by atoms with Gasteiger partial charge in [-0.2, -0.15) is 5.26 Å². The van der Waals surface area contributed by atoms with Gasteiger partial charge in [0, 0.05) is 0 Å². The molecule has 0 heterocycles. The molecular formula is C22H17FN2O2. The molecule has 0 aliphatic rings. The van der Waals surface area contributed by atoms with Crippen molar-refractivity contribution in [2.45, 2.75) is 6.04 Å². The van der Waals surface area contributed by atoms with Gasteiger partial charge >= 0.3 is 0 Å². The van der Waals surface area contributed by atoms with Crippen molar-refractivity contribution in [3.8, 4) is 11.8 Å². The molecule has 0 aliphatic carbocycles. The van der Waals surface area contributed by atoms with E-state index < -0.39 is 6.04 Å². The molecule has 1 N–H and O–H groups in total. The van der Waals surface area contributed by atoms with E-state index in [1.165, 1.54) is 12.1 Å². The average molecular weight is 360 g/mol. The minimum atomic E-state index is -0.413. The van der Waals surface area contributed by atoms with E-state index in [1.807, 2.05) is 36.4 Å². The van der Waals surface area contributed by atoms with Crippen LogP contribution in [0.2, 0.25) is 0 Å². The van der Waals surface area contributed by atoms with E-state index in [0.717, 1.165) is 11.1 Å². The van der Waals surface area contributed by atoms with Gasteiger partial charge in [0.1, 0.15) is 11.6 Å². The van der Waals surface area contributed by atoms with Crippen molar-refractivity contribution < 1.29 is 13.9 Å². The SMILES string of the molecule is N#Cc1ccc(OCC(=O)NC(c2ccccc2)c2ccc(F)cc2)cc1. The predicted octanol–water partition coefficient (Wildman–Crippen LogP) is 3.98. The van der Waals surface area contributed by atoms with Crippen molar-refractivity contribution in [3.63, 3.8) is 0 Å². The van der Waals surface area contributed by atoms with E-state index in [2.05, 4.69) is 5.32 Å². The Morgan fingerprint density at radius 1 is 0.963 bits per heavy atom. The first kappa shape index (κ1) is 18.2. The molecular weight excluding hydrogens is 343 g/mol. The summed E-state index contributed by atoms with van der Waals surface area (Å²) in [6.07, 6.45) is 0. The molecule has 0 radical (unpaired) electrons. The highest BCUT2D eigenvalue weighted by molar-refractivity contribution is 5.78. The summed E-state index contributed by atoms with van der Waals surface area (Å²) in [5.41, 5.74) is 2.18. The van der Waals surface area contributed by atoms with Gasteiger partial charge in [-0.25, -0.2) is 4.39 Å². The fraction of sp³-hybridized carbons (Fsp3) is 0.0909. The lowest BCUT2D eigenvalue weighted by Crippen LogP contribution is -2.33. The largest absolute Gasteiger partial charge is 0.484 e. The Bertz CT molecular complexity index is 933. The van der Waals surface area contributed by atoms with Gasteiger partial charge in [0.2, 0.25) is 0 Å². The summed E-state index contributed by atoms with van der Waals surface area (Å²) >= 11 is 0. The summed E-state index contributed by atoms with van der Waals surface area (Å²) in [6, 6.07) is 23.6. The lowest BCUT2D eigenvalue weighted by molar-refractivity contribution is -0.123. The summed E-state index contributed by atoms with van der Waals surface area (Å²) in [5.74, 6) is -0.138. The summed E-state index contributed by atoms with van der Waals surface area (Å²) in [7, 11) is 0. The van der Waals surface area contributed by atoms with E-state index >= 15 is 0 Å². The van der Waals surface area contributed by atoms with Crippen LogP contribution in [0, 0.1) is 17.1 Å². The maximum Gasteiger partial charge on any atom is 0.258 e. The number of halogens is 1. The Hall–Kier alpha value is -3.65. The molecule has 3 aromatic rings. The van der Waals surface area contributed by atoms with Gasteiger partial charge in [-0.15, -0.1) is 0 Å². The molecule has 0 spiro atoms. The van der Waals surface area contributed by atoms with Crippen LogP contribution in [0.15, 0.2) is 78.9 Å². The fourth-order valence-corrected chi connectivity index (χ4v) is 2.64. The molecule has 1 unspecified atom stereocenters. The number of nitrogens with one attached hydrogen (secondary N) is 1. The Kier molecular flexibility index (Phi) is 5.80. The highest BCUT2D eigenvalue weighted by atomic mass is 19.1. The number of hydrogen-bond acceptors (Lipinski definition) is 3. The van der Waals surface area contributed by atoms with Gasteiger partial charge < -0.3 is 10.1 Å². The lowest BCUT2D eigenvalue weighted by Gasteiger charge is -2.20. The molecule has 134 valence electrons. The summed E-state index contributed by atoms with van der Waals surface area (Å²) in [5, 5.41) is 11.7. The zero-order valence-corrected chi connectivity index (χ0v) is 14.4.